The topological polar surface area (TPSA) is 58.6 Å². The number of methoxy groups -OCH3 is 1. The van der Waals surface area contributed by atoms with Gasteiger partial charge in [-0.3, -0.25) is 4.79 Å². The number of carbonyl (C=O) groups excluding carboxylic acids is 1. The van der Waals surface area contributed by atoms with Gasteiger partial charge in [-0.25, -0.2) is 0 Å². The fourth-order valence-electron chi connectivity index (χ4n) is 4.03. The monoisotopic (exact) mass is 303 g/mol. The molecule has 22 heavy (non-hydrogen) atoms. The van der Waals surface area contributed by atoms with E-state index in [1.54, 1.807) is 7.11 Å². The number of ether oxygens (including phenoxy) is 1. The van der Waals surface area contributed by atoms with Crippen molar-refractivity contribution in [3.05, 3.63) is 34.9 Å². The fraction of sp³-hybridized carbons (Fsp3) is 0.611. The van der Waals surface area contributed by atoms with Crippen LogP contribution in [0.4, 0.5) is 0 Å². The summed E-state index contributed by atoms with van der Waals surface area (Å²) in [5, 5.41) is 14.1. The summed E-state index contributed by atoms with van der Waals surface area (Å²) < 4.78 is 5.41. The van der Waals surface area contributed by atoms with E-state index in [1.807, 2.05) is 32.0 Å². The third-order valence-electron chi connectivity index (χ3n) is 5.46. The maximum Gasteiger partial charge on any atom is 0.230 e. The molecule has 2 aliphatic rings. The Labute approximate surface area is 131 Å². The molecule has 1 aromatic rings. The maximum atomic E-state index is 12.6. The van der Waals surface area contributed by atoms with Crippen LogP contribution in [0, 0.1) is 13.8 Å². The summed E-state index contributed by atoms with van der Waals surface area (Å²) in [6, 6.07) is 6.09. The van der Waals surface area contributed by atoms with Crippen molar-refractivity contribution in [1.29, 1.82) is 0 Å². The molecule has 0 radical (unpaired) electrons. The van der Waals surface area contributed by atoms with Gasteiger partial charge in [0.05, 0.1) is 23.7 Å². The zero-order valence-electron chi connectivity index (χ0n) is 13.6. The van der Waals surface area contributed by atoms with Crippen molar-refractivity contribution in [3.8, 4) is 0 Å². The lowest BCUT2D eigenvalue weighted by Gasteiger charge is -2.39. The van der Waals surface area contributed by atoms with Crippen LogP contribution in [-0.2, 0) is 9.53 Å². The highest BCUT2D eigenvalue weighted by Gasteiger charge is 2.54. The highest BCUT2D eigenvalue weighted by Crippen LogP contribution is 2.43. The van der Waals surface area contributed by atoms with Crippen molar-refractivity contribution in [3.63, 3.8) is 0 Å². The molecule has 4 heteroatoms. The van der Waals surface area contributed by atoms with Crippen molar-refractivity contribution in [2.45, 2.75) is 63.2 Å². The van der Waals surface area contributed by atoms with E-state index in [9.17, 15) is 9.90 Å². The van der Waals surface area contributed by atoms with Gasteiger partial charge in [0.2, 0.25) is 5.91 Å². The molecule has 2 N–H and O–H groups in total. The number of aryl methyl sites for hydroxylation is 2. The van der Waals surface area contributed by atoms with Gasteiger partial charge in [0.25, 0.3) is 0 Å². The van der Waals surface area contributed by atoms with Crippen LogP contribution in [0.1, 0.15) is 48.3 Å². The molecule has 0 bridgehead atoms. The van der Waals surface area contributed by atoms with Crippen LogP contribution in [0.5, 0.6) is 0 Å². The summed E-state index contributed by atoms with van der Waals surface area (Å²) in [5.41, 5.74) is 2.65. The third kappa shape index (κ3) is 2.44. The standard InChI is InChI=1S/C18H25NO3/c1-11-4-5-12(2)14(10-11)15-16(20)18(19-17(15)21)8-6-13(22-3)7-9-18/h4-5,10,13,15-16,20H,6-9H2,1-3H3,(H,19,21). The molecule has 1 aliphatic carbocycles. The molecule has 3 rings (SSSR count). The van der Waals surface area contributed by atoms with Gasteiger partial charge < -0.3 is 15.2 Å². The van der Waals surface area contributed by atoms with E-state index in [4.69, 9.17) is 4.74 Å². The van der Waals surface area contributed by atoms with E-state index in [1.165, 1.54) is 0 Å². The highest BCUT2D eigenvalue weighted by atomic mass is 16.5. The molecule has 1 saturated carbocycles. The molecule has 2 unspecified atom stereocenters. The van der Waals surface area contributed by atoms with Gasteiger partial charge in [-0.1, -0.05) is 23.8 Å². The summed E-state index contributed by atoms with van der Waals surface area (Å²) in [7, 11) is 1.73. The summed E-state index contributed by atoms with van der Waals surface area (Å²) >= 11 is 0. The van der Waals surface area contributed by atoms with E-state index < -0.39 is 17.6 Å². The number of aliphatic hydroxyl groups excluding tert-OH is 1. The zero-order valence-corrected chi connectivity index (χ0v) is 13.6. The number of carbonyl (C=O) groups is 1. The van der Waals surface area contributed by atoms with Crippen LogP contribution in [0.2, 0.25) is 0 Å². The Morgan fingerprint density at radius 3 is 2.59 bits per heavy atom. The van der Waals surface area contributed by atoms with Gasteiger partial charge in [0.15, 0.2) is 0 Å². The first kappa shape index (κ1) is 15.5. The molecule has 1 spiro atoms. The Kier molecular flexibility index (Phi) is 4.00. The molecular formula is C18H25NO3. The van der Waals surface area contributed by atoms with Crippen molar-refractivity contribution in [1.82, 2.24) is 5.32 Å². The summed E-state index contributed by atoms with van der Waals surface area (Å²) in [6.07, 6.45) is 2.90. The molecule has 1 amide bonds. The summed E-state index contributed by atoms with van der Waals surface area (Å²) in [4.78, 5) is 12.6. The number of rotatable bonds is 2. The molecule has 1 heterocycles. The van der Waals surface area contributed by atoms with Crippen molar-refractivity contribution in [2.24, 2.45) is 0 Å². The predicted molar refractivity (Wildman–Crippen MR) is 84.8 cm³/mol. The van der Waals surface area contributed by atoms with Gasteiger partial charge in [0.1, 0.15) is 0 Å². The van der Waals surface area contributed by atoms with Gasteiger partial charge in [0, 0.05) is 7.11 Å². The highest BCUT2D eigenvalue weighted by molar-refractivity contribution is 5.88. The first-order valence-corrected chi connectivity index (χ1v) is 8.07. The predicted octanol–water partition coefficient (Wildman–Crippen LogP) is 2.21. The SMILES string of the molecule is COC1CCC2(CC1)NC(=O)C(c1cc(C)ccc1C)C2O. The summed E-state index contributed by atoms with van der Waals surface area (Å²) in [5.74, 6) is -0.504. The van der Waals surface area contributed by atoms with Crippen LogP contribution < -0.4 is 5.32 Å². The second-order valence-corrected chi connectivity index (χ2v) is 6.86. The van der Waals surface area contributed by atoms with Gasteiger partial charge in [-0.05, 0) is 50.7 Å². The fourth-order valence-corrected chi connectivity index (χ4v) is 4.03. The number of hydrogen-bond donors (Lipinski definition) is 2. The molecule has 1 aromatic carbocycles. The average molecular weight is 303 g/mol. The van der Waals surface area contributed by atoms with Crippen molar-refractivity contribution in [2.75, 3.05) is 7.11 Å². The molecule has 2 atom stereocenters. The van der Waals surface area contributed by atoms with Crippen LogP contribution in [-0.4, -0.2) is 35.9 Å². The molecule has 4 nitrogen and oxygen atoms in total. The third-order valence-corrected chi connectivity index (χ3v) is 5.46. The quantitative estimate of drug-likeness (QED) is 0.880. The second kappa shape index (κ2) is 5.67. The normalized spacial score (nSPS) is 34.9. The van der Waals surface area contributed by atoms with Crippen LogP contribution in [0.15, 0.2) is 18.2 Å². The second-order valence-electron chi connectivity index (χ2n) is 6.86. The molecule has 1 aliphatic heterocycles. The van der Waals surface area contributed by atoms with Crippen molar-refractivity contribution >= 4 is 5.91 Å². The van der Waals surface area contributed by atoms with E-state index in [0.717, 1.165) is 42.4 Å². The Morgan fingerprint density at radius 2 is 1.95 bits per heavy atom. The Morgan fingerprint density at radius 1 is 1.27 bits per heavy atom. The van der Waals surface area contributed by atoms with Crippen LogP contribution >= 0.6 is 0 Å². The maximum absolute atomic E-state index is 12.6. The number of benzene rings is 1. The van der Waals surface area contributed by atoms with Crippen LogP contribution in [0.25, 0.3) is 0 Å². The molecular weight excluding hydrogens is 278 g/mol. The average Bonchev–Trinajstić information content (AvgIpc) is 2.74. The van der Waals surface area contributed by atoms with E-state index >= 15 is 0 Å². The Bertz CT molecular complexity index is 576. The van der Waals surface area contributed by atoms with E-state index in [2.05, 4.69) is 5.32 Å². The number of hydrogen-bond acceptors (Lipinski definition) is 3. The number of aliphatic hydroxyl groups is 1. The molecule has 1 saturated heterocycles. The van der Waals surface area contributed by atoms with Gasteiger partial charge >= 0.3 is 0 Å². The Balaban J connectivity index is 1.89. The van der Waals surface area contributed by atoms with Crippen LogP contribution in [0.3, 0.4) is 0 Å². The smallest absolute Gasteiger partial charge is 0.230 e. The largest absolute Gasteiger partial charge is 0.389 e. The molecule has 120 valence electrons. The van der Waals surface area contributed by atoms with E-state index in [-0.39, 0.29) is 12.0 Å². The number of nitrogens with one attached hydrogen (secondary N) is 1. The lowest BCUT2D eigenvalue weighted by atomic mass is 9.74. The van der Waals surface area contributed by atoms with Gasteiger partial charge in [-0.2, -0.15) is 0 Å². The molecule has 0 aromatic heterocycles. The number of amides is 1. The first-order valence-electron chi connectivity index (χ1n) is 8.07. The van der Waals surface area contributed by atoms with Gasteiger partial charge in [-0.15, -0.1) is 0 Å². The van der Waals surface area contributed by atoms with E-state index in [0.29, 0.717) is 0 Å². The minimum atomic E-state index is -0.668. The van der Waals surface area contributed by atoms with Crippen molar-refractivity contribution < 1.29 is 14.6 Å². The first-order chi connectivity index (χ1) is 10.5. The zero-order chi connectivity index (χ0) is 15.9. The summed E-state index contributed by atoms with van der Waals surface area (Å²) in [6.45, 7) is 4.02. The molecule has 2 fully saturated rings. The minimum Gasteiger partial charge on any atom is -0.389 e. The lowest BCUT2D eigenvalue weighted by Crippen LogP contribution is -2.52. The minimum absolute atomic E-state index is 0.0444. The Hall–Kier alpha value is -1.39. The lowest BCUT2D eigenvalue weighted by molar-refractivity contribution is -0.121.